The molecular weight excluding hydrogens is 329 g/mol. The molecule has 1 saturated carbocycles. The molecule has 1 aliphatic rings. The van der Waals surface area contributed by atoms with Gasteiger partial charge < -0.3 is 20.2 Å². The fourth-order valence-corrected chi connectivity index (χ4v) is 3.78. The van der Waals surface area contributed by atoms with Gasteiger partial charge in [-0.3, -0.25) is 9.36 Å². The predicted molar refractivity (Wildman–Crippen MR) is 84.4 cm³/mol. The Kier molecular flexibility index (Phi) is 6.67. The van der Waals surface area contributed by atoms with Gasteiger partial charge in [0.25, 0.3) is 0 Å². The summed E-state index contributed by atoms with van der Waals surface area (Å²) in [4.78, 5) is 40.4. The largest absolute Gasteiger partial charge is 0.477 e. The van der Waals surface area contributed by atoms with Gasteiger partial charge in [0.05, 0.1) is 5.49 Å². The van der Waals surface area contributed by atoms with Crippen molar-refractivity contribution in [1.82, 2.24) is 5.32 Å². The molecule has 1 atom stereocenters. The zero-order chi connectivity index (χ0) is 17.0. The summed E-state index contributed by atoms with van der Waals surface area (Å²) in [5.74, 6) is -1.09. The van der Waals surface area contributed by atoms with Gasteiger partial charge in [0.1, 0.15) is 5.70 Å². The van der Waals surface area contributed by atoms with Crippen molar-refractivity contribution in [2.45, 2.75) is 33.1 Å². The van der Waals surface area contributed by atoms with E-state index in [1.54, 1.807) is 0 Å². The Bertz CT molecular complexity index is 513. The maximum Gasteiger partial charge on any atom is 0.352 e. The molecule has 0 aromatic heterocycles. The molecule has 22 heavy (non-hydrogen) atoms. The van der Waals surface area contributed by atoms with Crippen LogP contribution in [0, 0.1) is 11.3 Å². The molecule has 1 rings (SSSR count). The Balaban J connectivity index is 2.35. The molecule has 0 heterocycles. The highest BCUT2D eigenvalue weighted by Crippen LogP contribution is 2.51. The average molecular weight is 351 g/mol. The third-order valence-corrected chi connectivity index (χ3v) is 6.07. The molecular formula is C13H22NO6PS. The van der Waals surface area contributed by atoms with Crippen molar-refractivity contribution in [3.63, 3.8) is 0 Å². The quantitative estimate of drug-likeness (QED) is 0.283. The molecule has 1 amide bonds. The van der Waals surface area contributed by atoms with Crippen LogP contribution in [0.3, 0.4) is 0 Å². The Labute approximate surface area is 133 Å². The Morgan fingerprint density at radius 3 is 2.45 bits per heavy atom. The first-order chi connectivity index (χ1) is 10.0. The highest BCUT2D eigenvalue weighted by atomic mass is 32.2. The normalized spacial score (nSPS) is 20.5. The molecule has 7 nitrogen and oxygen atoms in total. The van der Waals surface area contributed by atoms with E-state index in [9.17, 15) is 14.2 Å². The van der Waals surface area contributed by atoms with Crippen LogP contribution >= 0.6 is 19.4 Å². The minimum Gasteiger partial charge on any atom is -0.477 e. The lowest BCUT2D eigenvalue weighted by atomic mass is 10.1. The molecule has 1 aliphatic carbocycles. The average Bonchev–Trinajstić information content (AvgIpc) is 2.99. The monoisotopic (exact) mass is 351 g/mol. The Morgan fingerprint density at radius 2 is 2.00 bits per heavy atom. The van der Waals surface area contributed by atoms with Crippen molar-refractivity contribution in [3.8, 4) is 0 Å². The minimum absolute atomic E-state index is 0.0626. The van der Waals surface area contributed by atoms with Gasteiger partial charge in [0.2, 0.25) is 5.91 Å². The number of allylic oxidation sites excluding steroid dienone is 1. The molecule has 0 saturated heterocycles. The van der Waals surface area contributed by atoms with Crippen molar-refractivity contribution >= 4 is 31.2 Å². The van der Waals surface area contributed by atoms with Crippen LogP contribution in [-0.4, -0.2) is 38.0 Å². The van der Waals surface area contributed by atoms with Gasteiger partial charge in [-0.15, -0.1) is 11.8 Å². The van der Waals surface area contributed by atoms with Crippen LogP contribution in [0.5, 0.6) is 0 Å². The maximum absolute atomic E-state index is 11.9. The van der Waals surface area contributed by atoms with Crippen LogP contribution in [0.4, 0.5) is 0 Å². The third-order valence-electron chi connectivity index (χ3n) is 3.42. The second kappa shape index (κ2) is 7.64. The molecule has 0 radical (unpaired) electrons. The summed E-state index contributed by atoms with van der Waals surface area (Å²) in [6.45, 7) is 3.92. The summed E-state index contributed by atoms with van der Waals surface area (Å²) in [5, 5.41) is 11.5. The molecule has 0 spiro atoms. The van der Waals surface area contributed by atoms with Crippen molar-refractivity contribution < 1.29 is 29.0 Å². The molecule has 9 heteroatoms. The van der Waals surface area contributed by atoms with Crippen molar-refractivity contribution in [2.75, 3.05) is 11.2 Å². The van der Waals surface area contributed by atoms with Crippen molar-refractivity contribution in [3.05, 3.63) is 11.8 Å². The second-order valence-electron chi connectivity index (χ2n) is 6.00. The number of hydrogen-bond donors (Lipinski definition) is 4. The summed E-state index contributed by atoms with van der Waals surface area (Å²) in [7, 11) is -3.99. The fourth-order valence-electron chi connectivity index (χ4n) is 1.94. The first kappa shape index (κ1) is 19.2. The predicted octanol–water partition coefficient (Wildman–Crippen LogP) is 1.77. The number of thioether (sulfide) groups is 1. The number of carboxylic acids is 1. The van der Waals surface area contributed by atoms with E-state index in [1.807, 2.05) is 13.8 Å². The van der Waals surface area contributed by atoms with E-state index in [-0.39, 0.29) is 28.4 Å². The van der Waals surface area contributed by atoms with Crippen LogP contribution in [0.25, 0.3) is 0 Å². The summed E-state index contributed by atoms with van der Waals surface area (Å²) in [5.41, 5.74) is -0.434. The van der Waals surface area contributed by atoms with E-state index in [2.05, 4.69) is 5.32 Å². The van der Waals surface area contributed by atoms with Gasteiger partial charge in [-0.1, -0.05) is 19.9 Å². The first-order valence-electron chi connectivity index (χ1n) is 6.89. The fraction of sp³-hybridized carbons (Fsp3) is 0.692. The highest BCUT2D eigenvalue weighted by Gasteiger charge is 2.50. The number of carbonyl (C=O) groups excluding carboxylic acids is 1. The maximum atomic E-state index is 11.9. The van der Waals surface area contributed by atoms with Crippen LogP contribution in [-0.2, 0) is 14.2 Å². The number of carboxylic acid groups (broad SMARTS) is 1. The van der Waals surface area contributed by atoms with Crippen LogP contribution in [0.1, 0.15) is 33.1 Å². The summed E-state index contributed by atoms with van der Waals surface area (Å²) < 4.78 is 10.6. The number of amides is 1. The molecule has 0 aliphatic heterocycles. The standard InChI is InChI=1S/C13H22NO6PS/c1-13(2)7-9(13)11(15)14-10(12(16)17)5-3-4-6-22-8-21(18,19)20/h5,9H,3-4,6-8H2,1-2H3,(H,14,15)(H,16,17)(H2,18,19,20). The van der Waals surface area contributed by atoms with Crippen molar-refractivity contribution in [1.29, 1.82) is 0 Å². The summed E-state index contributed by atoms with van der Waals surface area (Å²) in [6.07, 6.45) is 3.19. The van der Waals surface area contributed by atoms with Crippen LogP contribution in [0.15, 0.2) is 11.8 Å². The van der Waals surface area contributed by atoms with Gasteiger partial charge in [0.15, 0.2) is 0 Å². The van der Waals surface area contributed by atoms with E-state index in [1.165, 1.54) is 6.08 Å². The zero-order valence-electron chi connectivity index (χ0n) is 12.6. The second-order valence-corrected chi connectivity index (χ2v) is 9.18. The lowest BCUT2D eigenvalue weighted by Gasteiger charge is -2.07. The minimum atomic E-state index is -3.99. The molecule has 1 fully saturated rings. The Hall–Kier alpha value is -0.820. The topological polar surface area (TPSA) is 124 Å². The van der Waals surface area contributed by atoms with Gasteiger partial charge in [-0.25, -0.2) is 4.79 Å². The van der Waals surface area contributed by atoms with E-state index in [4.69, 9.17) is 14.9 Å². The smallest absolute Gasteiger partial charge is 0.352 e. The number of carbonyl (C=O) groups is 2. The van der Waals surface area contributed by atoms with Crippen molar-refractivity contribution in [2.24, 2.45) is 11.3 Å². The molecule has 1 unspecified atom stereocenters. The molecule has 0 bridgehead atoms. The van der Waals surface area contributed by atoms with E-state index in [0.717, 1.165) is 18.2 Å². The highest BCUT2D eigenvalue weighted by molar-refractivity contribution is 8.04. The van der Waals surface area contributed by atoms with E-state index in [0.29, 0.717) is 18.6 Å². The number of unbranched alkanes of at least 4 members (excludes halogenated alkanes) is 1. The molecule has 0 aromatic carbocycles. The van der Waals surface area contributed by atoms with Gasteiger partial charge >= 0.3 is 13.6 Å². The van der Waals surface area contributed by atoms with Crippen LogP contribution < -0.4 is 5.32 Å². The Morgan fingerprint density at radius 1 is 1.41 bits per heavy atom. The summed E-state index contributed by atoms with van der Waals surface area (Å²) in [6, 6.07) is 0. The number of aliphatic carboxylic acids is 1. The van der Waals surface area contributed by atoms with Gasteiger partial charge in [-0.2, -0.15) is 0 Å². The molecule has 126 valence electrons. The SMILES string of the molecule is CC1(C)CC1C(=O)NC(=CCCCSCP(=O)(O)O)C(=O)O. The number of hydrogen-bond acceptors (Lipinski definition) is 4. The van der Waals surface area contributed by atoms with Crippen LogP contribution in [0.2, 0.25) is 0 Å². The number of nitrogens with one attached hydrogen (secondary N) is 1. The summed E-state index contributed by atoms with van der Waals surface area (Å²) >= 11 is 1.12. The lowest BCUT2D eigenvalue weighted by molar-refractivity contribution is -0.135. The molecule has 0 aromatic rings. The van der Waals surface area contributed by atoms with E-state index < -0.39 is 13.6 Å². The lowest BCUT2D eigenvalue weighted by Crippen LogP contribution is -2.29. The van der Waals surface area contributed by atoms with Gasteiger partial charge in [0, 0.05) is 5.92 Å². The number of rotatable bonds is 9. The molecule has 4 N–H and O–H groups in total. The van der Waals surface area contributed by atoms with Gasteiger partial charge in [-0.05, 0) is 30.4 Å². The van der Waals surface area contributed by atoms with E-state index >= 15 is 0 Å². The zero-order valence-corrected chi connectivity index (χ0v) is 14.3. The third kappa shape index (κ3) is 6.96. The first-order valence-corrected chi connectivity index (χ1v) is 9.85.